The van der Waals surface area contributed by atoms with Crippen LogP contribution in [0.4, 0.5) is 0 Å². The number of fused-ring (bicyclic) bond motifs is 1. The number of rotatable bonds is 3. The lowest BCUT2D eigenvalue weighted by molar-refractivity contribution is 0.512. The standard InChI is InChI=1S/C12H14Cl3N3/c1-8(2)5-7-18-10-9(4-3-6-16-10)17-11(18)12(13,14)15/h3-4,6,8H,5,7H2,1-2H3. The Morgan fingerprint density at radius 1 is 1.33 bits per heavy atom. The fourth-order valence-electron chi connectivity index (χ4n) is 1.77. The zero-order chi connectivity index (χ0) is 13.3. The van der Waals surface area contributed by atoms with Gasteiger partial charge in [0.1, 0.15) is 5.52 Å². The second kappa shape index (κ2) is 5.24. The van der Waals surface area contributed by atoms with E-state index in [1.165, 1.54) is 0 Å². The molecule has 0 N–H and O–H groups in total. The molecule has 2 rings (SSSR count). The molecule has 18 heavy (non-hydrogen) atoms. The monoisotopic (exact) mass is 305 g/mol. The average Bonchev–Trinajstić information content (AvgIpc) is 2.64. The summed E-state index contributed by atoms with van der Waals surface area (Å²) in [5.74, 6) is 0.997. The molecule has 2 heterocycles. The van der Waals surface area contributed by atoms with Gasteiger partial charge in [0, 0.05) is 12.7 Å². The maximum Gasteiger partial charge on any atom is 0.248 e. The van der Waals surface area contributed by atoms with Crippen molar-refractivity contribution in [1.29, 1.82) is 0 Å². The maximum atomic E-state index is 5.97. The zero-order valence-corrected chi connectivity index (χ0v) is 12.5. The molecule has 0 aliphatic heterocycles. The van der Waals surface area contributed by atoms with Crippen molar-refractivity contribution in [3.8, 4) is 0 Å². The highest BCUT2D eigenvalue weighted by Crippen LogP contribution is 2.38. The number of hydrogen-bond acceptors (Lipinski definition) is 2. The molecule has 98 valence electrons. The Bertz CT molecular complexity index is 543. The van der Waals surface area contributed by atoms with E-state index < -0.39 is 3.79 Å². The van der Waals surface area contributed by atoms with Gasteiger partial charge in [0.05, 0.1) is 0 Å². The van der Waals surface area contributed by atoms with E-state index >= 15 is 0 Å². The highest BCUT2D eigenvalue weighted by Gasteiger charge is 2.30. The van der Waals surface area contributed by atoms with Gasteiger partial charge in [-0.15, -0.1) is 0 Å². The highest BCUT2D eigenvalue weighted by atomic mass is 35.6. The predicted octanol–water partition coefficient (Wildman–Crippen LogP) is 4.30. The van der Waals surface area contributed by atoms with Crippen molar-refractivity contribution in [2.24, 2.45) is 5.92 Å². The molecule has 0 atom stereocenters. The second-order valence-electron chi connectivity index (χ2n) is 4.61. The summed E-state index contributed by atoms with van der Waals surface area (Å²) in [6.07, 6.45) is 2.70. The molecular weight excluding hydrogens is 293 g/mol. The molecule has 0 fully saturated rings. The van der Waals surface area contributed by atoms with Crippen molar-refractivity contribution in [3.05, 3.63) is 24.2 Å². The third-order valence-corrected chi connectivity index (χ3v) is 3.19. The number of hydrogen-bond donors (Lipinski definition) is 0. The van der Waals surface area contributed by atoms with Gasteiger partial charge >= 0.3 is 0 Å². The lowest BCUT2D eigenvalue weighted by Gasteiger charge is -2.14. The molecular formula is C12H14Cl3N3. The normalized spacial score (nSPS) is 12.6. The van der Waals surface area contributed by atoms with Crippen LogP contribution in [0.15, 0.2) is 18.3 Å². The van der Waals surface area contributed by atoms with Crippen LogP contribution in [-0.2, 0) is 10.3 Å². The summed E-state index contributed by atoms with van der Waals surface area (Å²) in [6.45, 7) is 5.05. The van der Waals surface area contributed by atoms with Crippen LogP contribution in [-0.4, -0.2) is 14.5 Å². The van der Waals surface area contributed by atoms with Crippen molar-refractivity contribution < 1.29 is 0 Å². The number of imidazole rings is 1. The summed E-state index contributed by atoms with van der Waals surface area (Å²) in [7, 11) is 0. The Labute approximate surface area is 121 Å². The molecule has 0 radical (unpaired) electrons. The number of aryl methyl sites for hydroxylation is 1. The molecule has 0 aliphatic rings. The first-order valence-corrected chi connectivity index (χ1v) is 6.91. The van der Waals surface area contributed by atoms with E-state index in [2.05, 4.69) is 23.8 Å². The second-order valence-corrected chi connectivity index (χ2v) is 6.89. The molecule has 6 heteroatoms. The van der Waals surface area contributed by atoms with Crippen LogP contribution in [0.3, 0.4) is 0 Å². The molecule has 3 nitrogen and oxygen atoms in total. The van der Waals surface area contributed by atoms with Gasteiger partial charge in [0.25, 0.3) is 0 Å². The van der Waals surface area contributed by atoms with Gasteiger partial charge in [-0.2, -0.15) is 0 Å². The number of aromatic nitrogens is 3. The van der Waals surface area contributed by atoms with Gasteiger partial charge < -0.3 is 4.57 Å². The number of pyridine rings is 1. The summed E-state index contributed by atoms with van der Waals surface area (Å²) in [6, 6.07) is 3.69. The highest BCUT2D eigenvalue weighted by molar-refractivity contribution is 6.66. The van der Waals surface area contributed by atoms with Crippen molar-refractivity contribution in [2.45, 2.75) is 30.6 Å². The van der Waals surface area contributed by atoms with Crippen molar-refractivity contribution in [3.63, 3.8) is 0 Å². The Morgan fingerprint density at radius 2 is 2.06 bits per heavy atom. The van der Waals surface area contributed by atoms with E-state index in [0.29, 0.717) is 11.7 Å². The van der Waals surface area contributed by atoms with Gasteiger partial charge in [-0.25, -0.2) is 9.97 Å². The van der Waals surface area contributed by atoms with Gasteiger partial charge in [-0.1, -0.05) is 48.7 Å². The minimum absolute atomic E-state index is 0.432. The van der Waals surface area contributed by atoms with Crippen molar-refractivity contribution in [1.82, 2.24) is 14.5 Å². The van der Waals surface area contributed by atoms with E-state index in [0.717, 1.165) is 24.1 Å². The third-order valence-electron chi connectivity index (χ3n) is 2.69. The molecule has 0 saturated carbocycles. The molecule has 2 aromatic heterocycles. The van der Waals surface area contributed by atoms with Gasteiger partial charge in [-0.05, 0) is 24.5 Å². The van der Waals surface area contributed by atoms with E-state index in [1.807, 2.05) is 16.7 Å². The number of nitrogens with zero attached hydrogens (tertiary/aromatic N) is 3. The lowest BCUT2D eigenvalue weighted by atomic mass is 10.1. The van der Waals surface area contributed by atoms with Gasteiger partial charge in [0.2, 0.25) is 3.79 Å². The smallest absolute Gasteiger partial charge is 0.248 e. The van der Waals surface area contributed by atoms with E-state index in [9.17, 15) is 0 Å². The van der Waals surface area contributed by atoms with E-state index in [4.69, 9.17) is 34.8 Å². The van der Waals surface area contributed by atoms with E-state index in [1.54, 1.807) is 6.20 Å². The number of halogens is 3. The summed E-state index contributed by atoms with van der Waals surface area (Å²) in [4.78, 5) is 8.68. The van der Waals surface area contributed by atoms with Crippen LogP contribution in [0.1, 0.15) is 26.1 Å². The molecule has 0 spiro atoms. The molecule has 0 unspecified atom stereocenters. The number of alkyl halides is 3. The predicted molar refractivity (Wildman–Crippen MR) is 76.2 cm³/mol. The Morgan fingerprint density at radius 3 is 2.67 bits per heavy atom. The average molecular weight is 307 g/mol. The molecule has 0 bridgehead atoms. The fraction of sp³-hybridized carbons (Fsp3) is 0.500. The summed E-state index contributed by atoms with van der Waals surface area (Å²) in [5, 5.41) is 0. The first-order valence-electron chi connectivity index (χ1n) is 5.78. The third kappa shape index (κ3) is 2.90. The minimum atomic E-state index is -1.53. The Balaban J connectivity index is 2.51. The van der Waals surface area contributed by atoms with Crippen LogP contribution in [0.2, 0.25) is 0 Å². The van der Waals surface area contributed by atoms with Crippen LogP contribution >= 0.6 is 34.8 Å². The molecule has 0 saturated heterocycles. The van der Waals surface area contributed by atoms with Gasteiger partial charge in [0.15, 0.2) is 11.5 Å². The Hall–Kier alpha value is -0.510. The summed E-state index contributed by atoms with van der Waals surface area (Å²) < 4.78 is 0.361. The first kappa shape index (κ1) is 13.9. The van der Waals surface area contributed by atoms with Crippen LogP contribution in [0.5, 0.6) is 0 Å². The van der Waals surface area contributed by atoms with Crippen LogP contribution < -0.4 is 0 Å². The molecule has 0 aromatic carbocycles. The lowest BCUT2D eigenvalue weighted by Crippen LogP contribution is -2.13. The van der Waals surface area contributed by atoms with Crippen molar-refractivity contribution in [2.75, 3.05) is 0 Å². The van der Waals surface area contributed by atoms with Crippen LogP contribution in [0.25, 0.3) is 11.2 Å². The molecule has 2 aromatic rings. The molecule has 0 amide bonds. The topological polar surface area (TPSA) is 30.7 Å². The molecule has 0 aliphatic carbocycles. The first-order chi connectivity index (χ1) is 8.39. The fourth-order valence-corrected chi connectivity index (χ4v) is 2.21. The largest absolute Gasteiger partial charge is 0.309 e. The quantitative estimate of drug-likeness (QED) is 0.791. The van der Waals surface area contributed by atoms with Crippen LogP contribution in [0, 0.1) is 5.92 Å². The summed E-state index contributed by atoms with van der Waals surface area (Å²) in [5.41, 5.74) is 1.52. The van der Waals surface area contributed by atoms with Gasteiger partial charge in [-0.3, -0.25) is 0 Å². The zero-order valence-electron chi connectivity index (χ0n) is 10.2. The van der Waals surface area contributed by atoms with Crippen molar-refractivity contribution >= 4 is 46.0 Å². The van der Waals surface area contributed by atoms with E-state index in [-0.39, 0.29) is 0 Å². The minimum Gasteiger partial charge on any atom is -0.309 e. The SMILES string of the molecule is CC(C)CCn1c(C(Cl)(Cl)Cl)nc2cccnc21. The maximum absolute atomic E-state index is 5.97. The summed E-state index contributed by atoms with van der Waals surface area (Å²) >= 11 is 17.9. The Kier molecular flexibility index (Phi) is 4.05.